The van der Waals surface area contributed by atoms with E-state index in [9.17, 15) is 0 Å². The number of fused-ring (bicyclic) bond motifs is 3. The highest BCUT2D eigenvalue weighted by molar-refractivity contribution is 7.58. The van der Waals surface area contributed by atoms with E-state index in [-0.39, 0.29) is 0 Å². The Kier molecular flexibility index (Phi) is 3.66. The fourth-order valence-electron chi connectivity index (χ4n) is 1.41. The van der Waals surface area contributed by atoms with Crippen LogP contribution in [0.5, 0.6) is 0 Å². The van der Waals surface area contributed by atoms with E-state index in [1.165, 1.54) is 0 Å². The molecule has 0 aromatic heterocycles. The summed E-state index contributed by atoms with van der Waals surface area (Å²) in [6.07, 6.45) is 0. The summed E-state index contributed by atoms with van der Waals surface area (Å²) in [6, 6.07) is 0. The maximum Gasteiger partial charge on any atom is 0.0470 e. The van der Waals surface area contributed by atoms with Crippen molar-refractivity contribution in [2.45, 2.75) is 11.2 Å². The minimum atomic E-state index is 0.474. The van der Waals surface area contributed by atoms with Gasteiger partial charge in [0.1, 0.15) is 0 Å². The molecule has 2 rings (SSSR count). The molecule has 0 amide bonds. The molecule has 2 aliphatic rings. The van der Waals surface area contributed by atoms with Crippen molar-refractivity contribution in [3.05, 3.63) is 0 Å². The van der Waals surface area contributed by atoms with Crippen LogP contribution in [0.15, 0.2) is 0 Å². The fraction of sp³-hybridized carbons (Fsp3) is 1.00. The number of rotatable bonds is 0. The third-order valence-corrected chi connectivity index (χ3v) is 2.11. The summed E-state index contributed by atoms with van der Waals surface area (Å²) < 4.78 is 0. The average molecular weight is 134 g/mol. The van der Waals surface area contributed by atoms with Gasteiger partial charge in [-0.1, -0.05) is 0 Å². The third-order valence-electron chi connectivity index (χ3n) is 2.11. The first kappa shape index (κ1) is 9.21. The maximum atomic E-state index is 2.24. The van der Waals surface area contributed by atoms with Crippen LogP contribution < -0.4 is 0 Å². The predicted octanol–water partition coefficient (Wildman–Crippen LogP) is -3.13. The van der Waals surface area contributed by atoms with Gasteiger partial charge >= 0.3 is 0 Å². The zero-order valence-corrected chi connectivity index (χ0v) is 6.93. The monoisotopic (exact) mass is 136 g/mol. The van der Waals surface area contributed by atoms with Crippen molar-refractivity contribution in [3.8, 4) is 0 Å². The van der Waals surface area contributed by atoms with Gasteiger partial charge in [0.05, 0.1) is 0 Å². The highest BCUT2D eigenvalue weighted by Crippen LogP contribution is 2.07. The van der Waals surface area contributed by atoms with E-state index >= 15 is 0 Å². The van der Waals surface area contributed by atoms with Gasteiger partial charge in [0.25, 0.3) is 0 Å². The second kappa shape index (κ2) is 4.77. The lowest BCUT2D eigenvalue weighted by atomic mass is 8.93. The molecule has 2 unspecified atom stereocenters. The topological polar surface area (TPSA) is 0 Å². The van der Waals surface area contributed by atoms with E-state index in [1.807, 2.05) is 0 Å². The Morgan fingerprint density at radius 3 is 1.50 bits per heavy atom. The molecule has 0 aromatic rings. The summed E-state index contributed by atoms with van der Waals surface area (Å²) in [6.45, 7) is 0. The minimum absolute atomic E-state index is 0.474. The van der Waals surface area contributed by atoms with Crippen LogP contribution in [0.2, 0.25) is 11.2 Å². The molecule has 2 aliphatic heterocycles. The molecule has 0 nitrogen and oxygen atoms in total. The Morgan fingerprint density at radius 2 is 0.917 bits per heavy atom. The zero-order valence-electron chi connectivity index (χ0n) is 6.93. The van der Waals surface area contributed by atoms with Gasteiger partial charge < -0.3 is 0 Å². The van der Waals surface area contributed by atoms with Crippen LogP contribution in [-0.2, 0) is 0 Å². The van der Waals surface area contributed by atoms with E-state index in [4.69, 9.17) is 0 Å². The molecule has 0 aromatic carbocycles. The summed E-state index contributed by atoms with van der Waals surface area (Å²) in [5.74, 6) is 0. The molecule has 10 heteroatoms. The standard InChI is InChI=1S/C2H2B10/c3-1-5-9-6-2(4-3)8-11-12-10-7-1/h1-2H. The molecule has 40 valence electrons. The molecule has 0 saturated carbocycles. The van der Waals surface area contributed by atoms with Gasteiger partial charge in [-0.15, -0.1) is 11.2 Å². The van der Waals surface area contributed by atoms with E-state index in [0.717, 1.165) is 0 Å². The molecule has 0 N–H and O–H groups in total. The highest BCUT2D eigenvalue weighted by Gasteiger charge is 2.22. The molecular formula is C2H2B10. The van der Waals surface area contributed by atoms with Gasteiger partial charge in [-0.2, -0.15) is 0 Å². The van der Waals surface area contributed by atoms with Crippen LogP contribution in [0.1, 0.15) is 0 Å². The molecule has 10 radical (unpaired) electrons. The minimum Gasteiger partial charge on any atom is -0.143 e. The number of hydrogen-bond donors (Lipinski definition) is 0. The van der Waals surface area contributed by atoms with Gasteiger partial charge in [-0.05, 0) is 0 Å². The largest absolute Gasteiger partial charge is 0.143 e. The van der Waals surface area contributed by atoms with Crippen molar-refractivity contribution >= 4 is 71.3 Å². The van der Waals surface area contributed by atoms with Crippen LogP contribution in [0.25, 0.3) is 0 Å². The first-order chi connectivity index (χ1) is 5.95. The molecule has 0 aliphatic carbocycles. The highest BCUT2D eigenvalue weighted by atomic mass is 13.5. The smallest absolute Gasteiger partial charge is 0.0470 e. The van der Waals surface area contributed by atoms with Crippen molar-refractivity contribution < 1.29 is 0 Å². The van der Waals surface area contributed by atoms with Crippen molar-refractivity contribution in [3.63, 3.8) is 0 Å². The Bertz CT molecular complexity index is 122. The lowest BCUT2D eigenvalue weighted by Crippen LogP contribution is -2.33. The fourth-order valence-corrected chi connectivity index (χ4v) is 1.41. The second-order valence-electron chi connectivity index (χ2n) is 3.08. The van der Waals surface area contributed by atoms with E-state index in [2.05, 4.69) is 71.3 Å². The molecule has 12 heavy (non-hydrogen) atoms. The maximum absolute atomic E-state index is 2.24. The summed E-state index contributed by atoms with van der Waals surface area (Å²) in [4.78, 5) is 0. The van der Waals surface area contributed by atoms with Gasteiger partial charge in [-0.25, -0.2) is 0 Å². The summed E-state index contributed by atoms with van der Waals surface area (Å²) in [5, 5.41) is 0. The van der Waals surface area contributed by atoms with E-state index in [1.54, 1.807) is 0 Å². The average Bonchev–Trinajstić information content (AvgIpc) is 2.25. The third kappa shape index (κ3) is 2.57. The van der Waals surface area contributed by atoms with Crippen LogP contribution >= 0.6 is 0 Å². The zero-order chi connectivity index (χ0) is 8.23. The Labute approximate surface area is 82.8 Å². The van der Waals surface area contributed by atoms with Crippen molar-refractivity contribution in [2.24, 2.45) is 0 Å². The van der Waals surface area contributed by atoms with Gasteiger partial charge in [0.15, 0.2) is 0 Å². The molecule has 2 bridgehead atoms. The lowest BCUT2D eigenvalue weighted by molar-refractivity contribution is 1.83. The lowest BCUT2D eigenvalue weighted by Gasteiger charge is -2.09. The first-order valence-corrected chi connectivity index (χ1v) is 4.33. The van der Waals surface area contributed by atoms with Gasteiger partial charge in [-0.3, -0.25) is 0 Å². The van der Waals surface area contributed by atoms with Crippen molar-refractivity contribution in [1.82, 2.24) is 0 Å². The predicted molar refractivity (Wildman–Crippen MR) is 65.0 cm³/mol. The Hall–Kier alpha value is 0.649. The summed E-state index contributed by atoms with van der Waals surface area (Å²) in [7, 11) is 21.7. The van der Waals surface area contributed by atoms with Crippen molar-refractivity contribution in [1.29, 1.82) is 0 Å². The summed E-state index contributed by atoms with van der Waals surface area (Å²) in [5.41, 5.74) is 0.949. The molecule has 2 saturated heterocycles. The number of hydrogen-bond acceptors (Lipinski definition) is 0. The second-order valence-corrected chi connectivity index (χ2v) is 3.08. The van der Waals surface area contributed by atoms with Crippen LogP contribution in [0, 0.1) is 0 Å². The SMILES string of the molecule is [B]1[B][B]C2[B][B][B]C([B][B]1)[B][B]2. The molecular weight excluding hydrogens is 132 g/mol. The first-order valence-electron chi connectivity index (χ1n) is 4.33. The molecule has 0 spiro atoms. The van der Waals surface area contributed by atoms with E-state index in [0.29, 0.717) is 11.2 Å². The Balaban J connectivity index is 1.94. The van der Waals surface area contributed by atoms with Gasteiger partial charge in [0, 0.05) is 71.3 Å². The molecule has 2 atom stereocenters. The molecule has 2 fully saturated rings. The van der Waals surface area contributed by atoms with Gasteiger partial charge in [0.2, 0.25) is 0 Å². The quantitative estimate of drug-likeness (QED) is 0.307. The van der Waals surface area contributed by atoms with Crippen LogP contribution in [-0.4, -0.2) is 71.3 Å². The van der Waals surface area contributed by atoms with Crippen LogP contribution in [0.3, 0.4) is 0 Å². The van der Waals surface area contributed by atoms with E-state index < -0.39 is 0 Å². The Morgan fingerprint density at radius 1 is 0.417 bits per heavy atom. The summed E-state index contributed by atoms with van der Waals surface area (Å²) >= 11 is 0. The molecule has 2 heterocycles. The van der Waals surface area contributed by atoms with Crippen molar-refractivity contribution in [2.75, 3.05) is 0 Å². The van der Waals surface area contributed by atoms with Crippen LogP contribution in [0.4, 0.5) is 0 Å². The normalized spacial score (nSPS) is 31.3.